The maximum absolute atomic E-state index is 4.09. The first-order valence-corrected chi connectivity index (χ1v) is 7.37. The molecule has 0 bridgehead atoms. The molecule has 0 saturated carbocycles. The van der Waals surface area contributed by atoms with Gasteiger partial charge < -0.3 is 5.32 Å². The summed E-state index contributed by atoms with van der Waals surface area (Å²) in [5, 5.41) is 15.3. The van der Waals surface area contributed by atoms with Crippen molar-refractivity contribution in [1.82, 2.24) is 25.5 Å². The average molecular weight is 279 g/mol. The van der Waals surface area contributed by atoms with E-state index in [0.29, 0.717) is 6.54 Å². The van der Waals surface area contributed by atoms with Gasteiger partial charge in [0.05, 0.1) is 13.1 Å². The van der Waals surface area contributed by atoms with Crippen LogP contribution in [-0.4, -0.2) is 25.7 Å². The van der Waals surface area contributed by atoms with Crippen LogP contribution in [0.15, 0.2) is 12.1 Å². The Morgan fingerprint density at radius 2 is 2.00 bits per heavy atom. The van der Waals surface area contributed by atoms with Gasteiger partial charge in [0.25, 0.3) is 0 Å². The summed E-state index contributed by atoms with van der Waals surface area (Å²) < 4.78 is 1.87. The van der Waals surface area contributed by atoms with E-state index in [2.05, 4.69) is 60.7 Å². The number of rotatable bonds is 5. The van der Waals surface area contributed by atoms with Gasteiger partial charge in [0, 0.05) is 15.3 Å². The van der Waals surface area contributed by atoms with Crippen LogP contribution in [0.3, 0.4) is 0 Å². The van der Waals surface area contributed by atoms with Crippen LogP contribution >= 0.6 is 11.3 Å². The Kier molecular flexibility index (Phi) is 4.31. The molecule has 2 heterocycles. The quantitative estimate of drug-likeness (QED) is 0.912. The molecule has 0 unspecified atom stereocenters. The molecular formula is C13H21N5S. The zero-order chi connectivity index (χ0) is 13.9. The monoisotopic (exact) mass is 279 g/mol. The predicted molar refractivity (Wildman–Crippen MR) is 77.2 cm³/mol. The van der Waals surface area contributed by atoms with E-state index in [1.165, 1.54) is 9.75 Å². The van der Waals surface area contributed by atoms with Gasteiger partial charge in [-0.3, -0.25) is 0 Å². The van der Waals surface area contributed by atoms with E-state index in [4.69, 9.17) is 0 Å². The minimum atomic E-state index is 0.0646. The molecule has 0 aliphatic rings. The third kappa shape index (κ3) is 4.11. The van der Waals surface area contributed by atoms with Crippen LogP contribution in [-0.2, 0) is 19.5 Å². The van der Waals surface area contributed by atoms with Crippen molar-refractivity contribution in [2.45, 2.75) is 52.7 Å². The Labute approximate surface area is 118 Å². The van der Waals surface area contributed by atoms with Crippen LogP contribution in [0, 0.1) is 0 Å². The van der Waals surface area contributed by atoms with Crippen LogP contribution < -0.4 is 5.32 Å². The molecule has 0 amide bonds. The number of hydrogen-bond donors (Lipinski definition) is 1. The molecule has 0 radical (unpaired) electrons. The summed E-state index contributed by atoms with van der Waals surface area (Å²) in [5.41, 5.74) is 0.0646. The number of aromatic nitrogens is 4. The van der Waals surface area contributed by atoms with Crippen molar-refractivity contribution in [3.63, 3.8) is 0 Å². The zero-order valence-electron chi connectivity index (χ0n) is 12.0. The number of nitrogens with zero attached hydrogens (tertiary/aromatic N) is 4. The van der Waals surface area contributed by atoms with Crippen LogP contribution in [0.4, 0.5) is 0 Å². The lowest BCUT2D eigenvalue weighted by Crippen LogP contribution is -2.36. The van der Waals surface area contributed by atoms with Gasteiger partial charge >= 0.3 is 0 Å². The first-order valence-electron chi connectivity index (χ1n) is 6.55. The van der Waals surface area contributed by atoms with E-state index in [9.17, 15) is 0 Å². The van der Waals surface area contributed by atoms with Gasteiger partial charge in [0.2, 0.25) is 0 Å². The van der Waals surface area contributed by atoms with E-state index >= 15 is 0 Å². The van der Waals surface area contributed by atoms with Gasteiger partial charge in [0.15, 0.2) is 5.82 Å². The van der Waals surface area contributed by atoms with E-state index < -0.39 is 0 Å². The van der Waals surface area contributed by atoms with E-state index in [1.54, 1.807) is 0 Å². The highest BCUT2D eigenvalue weighted by atomic mass is 32.1. The summed E-state index contributed by atoms with van der Waals surface area (Å²) in [5.74, 6) is 0.876. The topological polar surface area (TPSA) is 55.6 Å². The minimum absolute atomic E-state index is 0.0646. The van der Waals surface area contributed by atoms with Gasteiger partial charge in [-0.2, -0.15) is 0 Å². The number of nitrogens with one attached hydrogen (secondary N) is 1. The fourth-order valence-electron chi connectivity index (χ4n) is 1.66. The molecule has 6 heteroatoms. The number of aryl methyl sites for hydroxylation is 1. The molecule has 0 aliphatic heterocycles. The summed E-state index contributed by atoms with van der Waals surface area (Å²) in [6.07, 6.45) is 1.08. The van der Waals surface area contributed by atoms with Crippen molar-refractivity contribution >= 4 is 11.3 Å². The average Bonchev–Trinajstić information content (AvgIpc) is 2.95. The molecule has 2 aromatic rings. The summed E-state index contributed by atoms with van der Waals surface area (Å²) in [4.78, 5) is 2.69. The standard InChI is InChI=1S/C13H21N5S/c1-5-10-6-7-11(19-10)9-18-12(15-16-17-18)8-14-13(2,3)4/h6-7,14H,5,8-9H2,1-4H3. The molecule has 1 N–H and O–H groups in total. The summed E-state index contributed by atoms with van der Waals surface area (Å²) in [6.45, 7) is 10.0. The second-order valence-electron chi connectivity index (χ2n) is 5.58. The van der Waals surface area contributed by atoms with Crippen molar-refractivity contribution in [3.05, 3.63) is 27.7 Å². The molecule has 0 spiro atoms. The third-order valence-corrected chi connectivity index (χ3v) is 3.97. The molecule has 0 fully saturated rings. The first kappa shape index (κ1) is 14.1. The molecule has 0 aliphatic carbocycles. The van der Waals surface area contributed by atoms with Gasteiger partial charge in [-0.15, -0.1) is 16.4 Å². The first-order chi connectivity index (χ1) is 8.98. The number of hydrogen-bond acceptors (Lipinski definition) is 5. The van der Waals surface area contributed by atoms with Crippen LogP contribution in [0.2, 0.25) is 0 Å². The fraction of sp³-hybridized carbons (Fsp3) is 0.615. The predicted octanol–water partition coefficient (Wildman–Crippen LogP) is 2.23. The van der Waals surface area contributed by atoms with Crippen molar-refractivity contribution in [1.29, 1.82) is 0 Å². The molecule has 0 atom stereocenters. The van der Waals surface area contributed by atoms with E-state index in [0.717, 1.165) is 18.8 Å². The van der Waals surface area contributed by atoms with E-state index in [1.807, 2.05) is 16.0 Å². The van der Waals surface area contributed by atoms with Crippen LogP contribution in [0.1, 0.15) is 43.3 Å². The fourth-order valence-corrected chi connectivity index (χ4v) is 2.60. The zero-order valence-corrected chi connectivity index (χ0v) is 12.8. The Morgan fingerprint density at radius 3 is 2.63 bits per heavy atom. The maximum atomic E-state index is 4.09. The highest BCUT2D eigenvalue weighted by Gasteiger charge is 2.13. The Morgan fingerprint density at radius 1 is 1.26 bits per heavy atom. The highest BCUT2D eigenvalue weighted by Crippen LogP contribution is 2.18. The summed E-state index contributed by atoms with van der Waals surface area (Å²) in [6, 6.07) is 4.34. The van der Waals surface area contributed by atoms with Gasteiger partial charge in [-0.05, 0) is 49.8 Å². The Balaban J connectivity index is 2.03. The van der Waals surface area contributed by atoms with Gasteiger partial charge in [-0.25, -0.2) is 4.68 Å². The molecule has 0 aromatic carbocycles. The van der Waals surface area contributed by atoms with Gasteiger partial charge in [-0.1, -0.05) is 6.92 Å². The Bertz CT molecular complexity index is 523. The molecule has 19 heavy (non-hydrogen) atoms. The minimum Gasteiger partial charge on any atom is -0.305 e. The second-order valence-corrected chi connectivity index (χ2v) is 6.83. The van der Waals surface area contributed by atoms with E-state index in [-0.39, 0.29) is 5.54 Å². The SMILES string of the molecule is CCc1ccc(Cn2nnnc2CNC(C)(C)C)s1. The number of thiophene rings is 1. The Hall–Kier alpha value is -1.27. The van der Waals surface area contributed by atoms with Gasteiger partial charge in [0.1, 0.15) is 0 Å². The summed E-state index contributed by atoms with van der Waals surface area (Å²) >= 11 is 1.83. The lowest BCUT2D eigenvalue weighted by molar-refractivity contribution is 0.410. The highest BCUT2D eigenvalue weighted by molar-refractivity contribution is 7.11. The molecule has 2 aromatic heterocycles. The molecule has 104 valence electrons. The third-order valence-electron chi connectivity index (χ3n) is 2.75. The lowest BCUT2D eigenvalue weighted by Gasteiger charge is -2.19. The number of tetrazole rings is 1. The second kappa shape index (κ2) is 5.79. The van der Waals surface area contributed by atoms with Crippen molar-refractivity contribution in [2.24, 2.45) is 0 Å². The summed E-state index contributed by atoms with van der Waals surface area (Å²) in [7, 11) is 0. The van der Waals surface area contributed by atoms with Crippen LogP contribution in [0.25, 0.3) is 0 Å². The molecule has 2 rings (SSSR count). The molecule has 5 nitrogen and oxygen atoms in total. The van der Waals surface area contributed by atoms with Crippen molar-refractivity contribution in [3.8, 4) is 0 Å². The van der Waals surface area contributed by atoms with Crippen molar-refractivity contribution in [2.75, 3.05) is 0 Å². The smallest absolute Gasteiger partial charge is 0.165 e. The normalized spacial score (nSPS) is 12.0. The molecule has 0 saturated heterocycles. The van der Waals surface area contributed by atoms with Crippen molar-refractivity contribution < 1.29 is 0 Å². The van der Waals surface area contributed by atoms with Crippen LogP contribution in [0.5, 0.6) is 0 Å². The lowest BCUT2D eigenvalue weighted by atomic mass is 10.1. The maximum Gasteiger partial charge on any atom is 0.165 e. The largest absolute Gasteiger partial charge is 0.305 e. The molecular weight excluding hydrogens is 258 g/mol.